The van der Waals surface area contributed by atoms with Crippen LogP contribution in [0.3, 0.4) is 0 Å². The van der Waals surface area contributed by atoms with E-state index < -0.39 is 15.4 Å². The van der Waals surface area contributed by atoms with Gasteiger partial charge in [-0.1, -0.05) is 0 Å². The van der Waals surface area contributed by atoms with Crippen LogP contribution in [0.4, 0.5) is 0 Å². The molecule has 0 amide bonds. The first-order valence-electron chi connectivity index (χ1n) is 6.48. The molecule has 0 spiro atoms. The van der Waals surface area contributed by atoms with E-state index in [-0.39, 0.29) is 11.7 Å². The maximum atomic E-state index is 12.0. The summed E-state index contributed by atoms with van der Waals surface area (Å²) in [5, 5.41) is 3.41. The van der Waals surface area contributed by atoms with Crippen molar-refractivity contribution in [1.29, 1.82) is 0 Å². The molecule has 1 N–H and O–H groups in total. The highest BCUT2D eigenvalue weighted by Crippen LogP contribution is 2.37. The number of sulfone groups is 1. The standard InChI is InChI=1S/C12H23NO4S2/c1-4-17-11(14)12(13-2)6-5-10(9-12)18-7-8-19(3,15)16/h10,13H,4-9H2,1-3H3. The molecule has 0 aromatic heterocycles. The summed E-state index contributed by atoms with van der Waals surface area (Å²) in [5.74, 6) is 0.593. The van der Waals surface area contributed by atoms with Crippen LogP contribution in [0.25, 0.3) is 0 Å². The minimum atomic E-state index is -2.90. The van der Waals surface area contributed by atoms with Crippen LogP contribution in [0.2, 0.25) is 0 Å². The third-order valence-corrected chi connectivity index (χ3v) is 5.94. The molecule has 19 heavy (non-hydrogen) atoms. The molecule has 2 atom stereocenters. The van der Waals surface area contributed by atoms with Crippen LogP contribution in [-0.2, 0) is 19.4 Å². The van der Waals surface area contributed by atoms with Gasteiger partial charge in [0.1, 0.15) is 15.4 Å². The van der Waals surface area contributed by atoms with Crippen molar-refractivity contribution in [2.24, 2.45) is 0 Å². The minimum absolute atomic E-state index is 0.191. The Morgan fingerprint density at radius 3 is 2.74 bits per heavy atom. The Hall–Kier alpha value is -0.270. The Balaban J connectivity index is 2.48. The van der Waals surface area contributed by atoms with Crippen molar-refractivity contribution < 1.29 is 17.9 Å². The highest BCUT2D eigenvalue weighted by atomic mass is 32.2. The van der Waals surface area contributed by atoms with Gasteiger partial charge in [-0.15, -0.1) is 0 Å². The third-order valence-electron chi connectivity index (χ3n) is 3.42. The lowest BCUT2D eigenvalue weighted by Gasteiger charge is -2.26. The number of likely N-dealkylation sites (N-methyl/N-ethyl adjacent to an activating group) is 1. The lowest BCUT2D eigenvalue weighted by atomic mass is 9.98. The van der Waals surface area contributed by atoms with E-state index in [1.165, 1.54) is 6.26 Å². The highest BCUT2D eigenvalue weighted by molar-refractivity contribution is 8.01. The number of ether oxygens (including phenoxy) is 1. The van der Waals surface area contributed by atoms with Crippen molar-refractivity contribution in [3.63, 3.8) is 0 Å². The van der Waals surface area contributed by atoms with E-state index in [1.807, 2.05) is 0 Å². The highest BCUT2D eigenvalue weighted by Gasteiger charge is 2.45. The van der Waals surface area contributed by atoms with Crippen molar-refractivity contribution in [3.05, 3.63) is 0 Å². The first kappa shape index (κ1) is 16.8. The molecule has 7 heteroatoms. The third kappa shape index (κ3) is 4.96. The number of hydrogen-bond acceptors (Lipinski definition) is 6. The average molecular weight is 309 g/mol. The summed E-state index contributed by atoms with van der Waals surface area (Å²) in [6.07, 6.45) is 3.61. The maximum Gasteiger partial charge on any atom is 0.326 e. The van der Waals surface area contributed by atoms with Crippen molar-refractivity contribution in [2.75, 3.05) is 31.4 Å². The first-order valence-corrected chi connectivity index (χ1v) is 9.59. The topological polar surface area (TPSA) is 72.5 Å². The lowest BCUT2D eigenvalue weighted by molar-refractivity contribution is -0.150. The molecule has 0 bridgehead atoms. The normalized spacial score (nSPS) is 27.4. The monoisotopic (exact) mass is 309 g/mol. The SMILES string of the molecule is CCOC(=O)C1(NC)CCC(SCCS(C)(=O)=O)C1. The quantitative estimate of drug-likeness (QED) is 0.703. The second-order valence-corrected chi connectivity index (χ2v) is 8.59. The minimum Gasteiger partial charge on any atom is -0.465 e. The van der Waals surface area contributed by atoms with Gasteiger partial charge >= 0.3 is 5.97 Å². The lowest BCUT2D eigenvalue weighted by Crippen LogP contribution is -2.49. The number of thioether (sulfide) groups is 1. The number of nitrogens with one attached hydrogen (secondary N) is 1. The van der Waals surface area contributed by atoms with Crippen LogP contribution in [0.5, 0.6) is 0 Å². The molecule has 5 nitrogen and oxygen atoms in total. The fraction of sp³-hybridized carbons (Fsp3) is 0.917. The molecular weight excluding hydrogens is 286 g/mol. The van der Waals surface area contributed by atoms with Crippen LogP contribution >= 0.6 is 11.8 Å². The van der Waals surface area contributed by atoms with E-state index in [9.17, 15) is 13.2 Å². The van der Waals surface area contributed by atoms with Crippen molar-refractivity contribution in [3.8, 4) is 0 Å². The fourth-order valence-electron chi connectivity index (χ4n) is 2.29. The van der Waals surface area contributed by atoms with Gasteiger partial charge in [-0.25, -0.2) is 8.42 Å². The van der Waals surface area contributed by atoms with Crippen molar-refractivity contribution in [1.82, 2.24) is 5.32 Å². The van der Waals surface area contributed by atoms with E-state index in [2.05, 4.69) is 5.32 Å². The predicted octanol–water partition coefficient (Wildman–Crippen LogP) is 0.838. The Labute approximate surface area is 119 Å². The van der Waals surface area contributed by atoms with Gasteiger partial charge in [0, 0.05) is 17.3 Å². The molecule has 1 aliphatic rings. The molecule has 1 fully saturated rings. The molecule has 0 radical (unpaired) electrons. The molecule has 1 saturated carbocycles. The van der Waals surface area contributed by atoms with E-state index in [4.69, 9.17) is 4.74 Å². The van der Waals surface area contributed by atoms with Crippen LogP contribution in [0.1, 0.15) is 26.2 Å². The van der Waals surface area contributed by atoms with Gasteiger partial charge in [0.2, 0.25) is 0 Å². The van der Waals surface area contributed by atoms with Crippen molar-refractivity contribution in [2.45, 2.75) is 37.0 Å². The second-order valence-electron chi connectivity index (χ2n) is 4.92. The smallest absolute Gasteiger partial charge is 0.326 e. The summed E-state index contributed by atoms with van der Waals surface area (Å²) in [6, 6.07) is 0. The van der Waals surface area contributed by atoms with Crippen molar-refractivity contribution >= 4 is 27.6 Å². The van der Waals surface area contributed by atoms with Crippen LogP contribution < -0.4 is 5.32 Å². The molecular formula is C12H23NO4S2. The molecule has 112 valence electrons. The zero-order valence-corrected chi connectivity index (χ0v) is 13.4. The molecule has 1 rings (SSSR count). The Morgan fingerprint density at radius 1 is 1.53 bits per heavy atom. The van der Waals surface area contributed by atoms with E-state index in [1.54, 1.807) is 25.7 Å². The fourth-order valence-corrected chi connectivity index (χ4v) is 4.91. The molecule has 0 aromatic rings. The Morgan fingerprint density at radius 2 is 2.21 bits per heavy atom. The van der Waals surface area contributed by atoms with Gasteiger partial charge in [-0.05, 0) is 33.2 Å². The number of carbonyl (C=O) groups excluding carboxylic acids is 1. The molecule has 0 heterocycles. The number of carbonyl (C=O) groups is 1. The summed E-state index contributed by atoms with van der Waals surface area (Å²) in [6.45, 7) is 2.18. The van der Waals surface area contributed by atoms with Gasteiger partial charge in [-0.3, -0.25) is 4.79 Å². The molecule has 0 aliphatic heterocycles. The summed E-state index contributed by atoms with van der Waals surface area (Å²) >= 11 is 1.64. The molecule has 1 aliphatic carbocycles. The summed E-state index contributed by atoms with van der Waals surface area (Å²) < 4.78 is 27.3. The van der Waals surface area contributed by atoms with Crippen LogP contribution in [0.15, 0.2) is 0 Å². The Bertz CT molecular complexity index is 410. The van der Waals surface area contributed by atoms with Crippen LogP contribution in [-0.4, -0.2) is 56.6 Å². The van der Waals surface area contributed by atoms with Crippen LogP contribution in [0, 0.1) is 0 Å². The van der Waals surface area contributed by atoms with Gasteiger partial charge in [0.15, 0.2) is 0 Å². The first-order chi connectivity index (χ1) is 8.83. The Kier molecular flexibility index (Phi) is 6.14. The van der Waals surface area contributed by atoms with E-state index >= 15 is 0 Å². The van der Waals surface area contributed by atoms with Gasteiger partial charge < -0.3 is 10.1 Å². The zero-order valence-electron chi connectivity index (χ0n) is 11.8. The van der Waals surface area contributed by atoms with Gasteiger partial charge in [-0.2, -0.15) is 11.8 Å². The summed E-state index contributed by atoms with van der Waals surface area (Å²) in [7, 11) is -1.12. The van der Waals surface area contributed by atoms with Gasteiger partial charge in [0.25, 0.3) is 0 Å². The second kappa shape index (κ2) is 6.95. The largest absolute Gasteiger partial charge is 0.465 e. The maximum absolute atomic E-state index is 12.0. The van der Waals surface area contributed by atoms with Gasteiger partial charge in [0.05, 0.1) is 12.4 Å². The zero-order chi connectivity index (χ0) is 14.5. The van der Waals surface area contributed by atoms with E-state index in [0.29, 0.717) is 24.0 Å². The number of rotatable bonds is 7. The molecule has 2 unspecified atom stereocenters. The predicted molar refractivity (Wildman–Crippen MR) is 78.2 cm³/mol. The summed E-state index contributed by atoms with van der Waals surface area (Å²) in [5.41, 5.74) is -0.585. The number of esters is 1. The molecule has 0 aromatic carbocycles. The summed E-state index contributed by atoms with van der Waals surface area (Å²) in [4.78, 5) is 12.0. The van der Waals surface area contributed by atoms with E-state index in [0.717, 1.165) is 12.8 Å². The number of hydrogen-bond donors (Lipinski definition) is 1. The molecule has 0 saturated heterocycles. The average Bonchev–Trinajstić information content (AvgIpc) is 2.73.